The molecule has 0 saturated carbocycles. The Morgan fingerprint density at radius 3 is 2.80 bits per heavy atom. The van der Waals surface area contributed by atoms with Gasteiger partial charge in [0.05, 0.1) is 12.6 Å². The molecule has 20 heavy (non-hydrogen) atoms. The number of nitrogens with zero attached hydrogens (tertiary/aromatic N) is 1. The van der Waals surface area contributed by atoms with Gasteiger partial charge >= 0.3 is 0 Å². The Kier molecular flexibility index (Phi) is 4.83. The number of likely N-dealkylation sites (tertiary alicyclic amines) is 1. The van der Waals surface area contributed by atoms with E-state index < -0.39 is 11.6 Å². The second kappa shape index (κ2) is 6.41. The highest BCUT2D eigenvalue weighted by molar-refractivity contribution is 5.97. The van der Waals surface area contributed by atoms with E-state index in [1.165, 1.54) is 6.07 Å². The molecule has 3 nitrogen and oxygen atoms in total. The van der Waals surface area contributed by atoms with Gasteiger partial charge in [-0.05, 0) is 37.1 Å². The molecular formula is C15H19F2NO2. The fourth-order valence-corrected chi connectivity index (χ4v) is 2.51. The van der Waals surface area contributed by atoms with Gasteiger partial charge in [0.15, 0.2) is 17.4 Å². The van der Waals surface area contributed by atoms with Crippen molar-refractivity contribution >= 4 is 5.78 Å². The Hall–Kier alpha value is -1.33. The number of halogens is 2. The van der Waals surface area contributed by atoms with E-state index in [1.54, 1.807) is 7.11 Å². The molecule has 1 saturated heterocycles. The maximum atomic E-state index is 13.1. The third-order valence-corrected chi connectivity index (χ3v) is 3.89. The lowest BCUT2D eigenvalue weighted by Gasteiger charge is -2.35. The fourth-order valence-electron chi connectivity index (χ4n) is 2.51. The number of hydrogen-bond donors (Lipinski definition) is 0. The zero-order valence-electron chi connectivity index (χ0n) is 11.7. The molecule has 110 valence electrons. The van der Waals surface area contributed by atoms with Gasteiger partial charge in [-0.15, -0.1) is 0 Å². The van der Waals surface area contributed by atoms with Crippen LogP contribution in [0.4, 0.5) is 8.78 Å². The van der Waals surface area contributed by atoms with Crippen LogP contribution in [0.2, 0.25) is 0 Å². The zero-order valence-corrected chi connectivity index (χ0v) is 11.7. The minimum atomic E-state index is -0.988. The second-order valence-electron chi connectivity index (χ2n) is 5.33. The molecule has 0 aromatic heterocycles. The highest BCUT2D eigenvalue weighted by atomic mass is 19.2. The Morgan fingerprint density at radius 1 is 1.40 bits per heavy atom. The number of carbonyl (C=O) groups excluding carboxylic acids is 1. The van der Waals surface area contributed by atoms with E-state index in [9.17, 15) is 13.6 Å². The molecule has 1 aromatic rings. The largest absolute Gasteiger partial charge is 0.380 e. The summed E-state index contributed by atoms with van der Waals surface area (Å²) in [5.74, 6) is -1.66. The molecule has 0 bridgehead atoms. The Labute approximate surface area is 117 Å². The number of rotatable bonds is 4. The molecule has 0 amide bonds. The van der Waals surface area contributed by atoms with E-state index in [0.29, 0.717) is 12.5 Å². The van der Waals surface area contributed by atoms with Gasteiger partial charge < -0.3 is 4.74 Å². The van der Waals surface area contributed by atoms with Crippen molar-refractivity contribution in [1.29, 1.82) is 0 Å². The van der Waals surface area contributed by atoms with E-state index in [4.69, 9.17) is 4.74 Å². The number of benzene rings is 1. The molecule has 0 radical (unpaired) electrons. The van der Waals surface area contributed by atoms with Crippen molar-refractivity contribution in [2.24, 2.45) is 5.92 Å². The van der Waals surface area contributed by atoms with Gasteiger partial charge in [-0.3, -0.25) is 9.69 Å². The summed E-state index contributed by atoms with van der Waals surface area (Å²) in [6, 6.07) is 3.26. The summed E-state index contributed by atoms with van der Waals surface area (Å²) >= 11 is 0. The quantitative estimate of drug-likeness (QED) is 0.795. The number of Topliss-reactive ketones (excluding diaryl/α,β-unsaturated/α-hetero) is 1. The first kappa shape index (κ1) is 15.1. The van der Waals surface area contributed by atoms with E-state index in [0.717, 1.165) is 25.1 Å². The first-order valence-corrected chi connectivity index (χ1v) is 6.74. The molecule has 2 atom stereocenters. The first-order chi connectivity index (χ1) is 9.51. The summed E-state index contributed by atoms with van der Waals surface area (Å²) in [5.41, 5.74) is 0.205. The molecule has 1 heterocycles. The van der Waals surface area contributed by atoms with Gasteiger partial charge in [-0.1, -0.05) is 6.92 Å². The van der Waals surface area contributed by atoms with Crippen LogP contribution in [-0.2, 0) is 4.74 Å². The van der Waals surface area contributed by atoms with Gasteiger partial charge in [0.2, 0.25) is 0 Å². The molecule has 1 fully saturated rings. The van der Waals surface area contributed by atoms with Crippen molar-refractivity contribution in [2.45, 2.75) is 19.4 Å². The van der Waals surface area contributed by atoms with Crippen LogP contribution < -0.4 is 0 Å². The molecule has 0 aliphatic carbocycles. The Balaban J connectivity index is 1.99. The van der Waals surface area contributed by atoms with Crippen LogP contribution in [0.25, 0.3) is 0 Å². The van der Waals surface area contributed by atoms with Gasteiger partial charge in [-0.25, -0.2) is 8.78 Å². The molecule has 2 unspecified atom stereocenters. The topological polar surface area (TPSA) is 29.5 Å². The lowest BCUT2D eigenvalue weighted by atomic mass is 9.95. The van der Waals surface area contributed by atoms with Crippen LogP contribution >= 0.6 is 0 Å². The Bertz CT molecular complexity index is 493. The monoisotopic (exact) mass is 283 g/mol. The average Bonchev–Trinajstić information content (AvgIpc) is 2.43. The summed E-state index contributed by atoms with van der Waals surface area (Å²) in [5, 5.41) is 0. The first-order valence-electron chi connectivity index (χ1n) is 6.74. The van der Waals surface area contributed by atoms with E-state index >= 15 is 0 Å². The minimum Gasteiger partial charge on any atom is -0.380 e. The third kappa shape index (κ3) is 3.41. The highest BCUT2D eigenvalue weighted by Crippen LogP contribution is 2.20. The predicted octanol–water partition coefficient (Wildman–Crippen LogP) is 2.50. The molecule has 2 rings (SSSR count). The SMILES string of the molecule is COC1CN(CC(=O)c2ccc(F)c(F)c2)CCC1C. The minimum absolute atomic E-state index is 0.113. The number of carbonyl (C=O) groups is 1. The molecular weight excluding hydrogens is 264 g/mol. The molecule has 0 N–H and O–H groups in total. The van der Waals surface area contributed by atoms with Crippen molar-refractivity contribution in [1.82, 2.24) is 4.90 Å². The smallest absolute Gasteiger partial charge is 0.176 e. The van der Waals surface area contributed by atoms with Crippen LogP contribution in [0.3, 0.4) is 0 Å². The van der Waals surface area contributed by atoms with Gasteiger partial charge in [0.1, 0.15) is 0 Å². The normalized spacial score (nSPS) is 23.8. The van der Waals surface area contributed by atoms with Crippen molar-refractivity contribution < 1.29 is 18.3 Å². The summed E-state index contributed by atoms with van der Waals surface area (Å²) in [6.45, 7) is 3.84. The van der Waals surface area contributed by atoms with Crippen molar-refractivity contribution in [3.05, 3.63) is 35.4 Å². The van der Waals surface area contributed by atoms with Crippen molar-refractivity contribution in [3.63, 3.8) is 0 Å². The number of methoxy groups -OCH3 is 1. The van der Waals surface area contributed by atoms with Crippen LogP contribution in [0.1, 0.15) is 23.7 Å². The summed E-state index contributed by atoms with van der Waals surface area (Å²) in [4.78, 5) is 14.1. The molecule has 5 heteroatoms. The van der Waals surface area contributed by atoms with E-state index in [-0.39, 0.29) is 24.0 Å². The maximum absolute atomic E-state index is 13.1. The number of ketones is 1. The van der Waals surface area contributed by atoms with Gasteiger partial charge in [-0.2, -0.15) is 0 Å². The van der Waals surface area contributed by atoms with Crippen molar-refractivity contribution in [3.8, 4) is 0 Å². The lowest BCUT2D eigenvalue weighted by Crippen LogP contribution is -2.45. The number of ether oxygens (including phenoxy) is 1. The van der Waals surface area contributed by atoms with E-state index in [1.807, 2.05) is 4.90 Å². The molecule has 1 aliphatic heterocycles. The average molecular weight is 283 g/mol. The molecule has 1 aliphatic rings. The van der Waals surface area contributed by atoms with Crippen LogP contribution in [0, 0.1) is 17.6 Å². The van der Waals surface area contributed by atoms with Crippen LogP contribution in [0.15, 0.2) is 18.2 Å². The summed E-state index contributed by atoms with van der Waals surface area (Å²) in [6.07, 6.45) is 1.07. The van der Waals surface area contributed by atoms with Gasteiger partial charge in [0, 0.05) is 19.2 Å². The third-order valence-electron chi connectivity index (χ3n) is 3.89. The maximum Gasteiger partial charge on any atom is 0.176 e. The highest BCUT2D eigenvalue weighted by Gasteiger charge is 2.27. The second-order valence-corrected chi connectivity index (χ2v) is 5.33. The predicted molar refractivity (Wildman–Crippen MR) is 71.7 cm³/mol. The van der Waals surface area contributed by atoms with Gasteiger partial charge in [0.25, 0.3) is 0 Å². The lowest BCUT2D eigenvalue weighted by molar-refractivity contribution is -0.00325. The standard InChI is InChI=1S/C15H19F2NO2/c1-10-5-6-18(9-15(10)20-2)8-14(19)11-3-4-12(16)13(17)7-11/h3-4,7,10,15H,5-6,8-9H2,1-2H3. The number of piperidine rings is 1. The zero-order chi connectivity index (χ0) is 14.7. The fraction of sp³-hybridized carbons (Fsp3) is 0.533. The number of hydrogen-bond acceptors (Lipinski definition) is 3. The van der Waals surface area contributed by atoms with Crippen molar-refractivity contribution in [2.75, 3.05) is 26.7 Å². The molecule has 0 spiro atoms. The summed E-state index contributed by atoms with van der Waals surface area (Å²) in [7, 11) is 1.67. The van der Waals surface area contributed by atoms with Crippen LogP contribution in [0.5, 0.6) is 0 Å². The van der Waals surface area contributed by atoms with E-state index in [2.05, 4.69) is 6.92 Å². The summed E-state index contributed by atoms with van der Waals surface area (Å²) < 4.78 is 31.4. The van der Waals surface area contributed by atoms with Crippen LogP contribution in [-0.4, -0.2) is 43.5 Å². The Morgan fingerprint density at radius 2 is 2.15 bits per heavy atom. The molecule has 1 aromatic carbocycles.